The topological polar surface area (TPSA) is 73.2 Å². The lowest BCUT2D eigenvalue weighted by atomic mass is 10.2. The molecule has 0 bridgehead atoms. The van der Waals surface area contributed by atoms with Crippen molar-refractivity contribution in [2.45, 2.75) is 20.4 Å². The smallest absolute Gasteiger partial charge is 0.348 e. The molecule has 1 aromatic heterocycles. The second-order valence-electron chi connectivity index (χ2n) is 5.99. The highest BCUT2D eigenvalue weighted by molar-refractivity contribution is 6.32. The monoisotopic (exact) mass is 383 g/mol. The minimum Gasteiger partial charge on any atom is -0.423 e. The number of carbonyl (C=O) groups excluding carboxylic acids is 2. The van der Waals surface area contributed by atoms with Crippen LogP contribution in [0, 0.1) is 6.92 Å². The average molecular weight is 384 g/mol. The zero-order chi connectivity index (χ0) is 19.4. The van der Waals surface area contributed by atoms with Gasteiger partial charge in [-0.2, -0.15) is 5.10 Å². The third-order valence-electron chi connectivity index (χ3n) is 3.83. The van der Waals surface area contributed by atoms with Crippen LogP contribution >= 0.6 is 11.6 Å². The standard InChI is InChI=1S/C20H18ClN3O3/c1-13-18(19(21)24(23-13)12-15-6-4-3-5-7-15)20(26)27-17-10-8-16(9-11-17)22-14(2)25/h3-11H,12H2,1-2H3,(H,22,25). The molecule has 0 saturated carbocycles. The highest BCUT2D eigenvalue weighted by atomic mass is 35.5. The number of aromatic nitrogens is 2. The van der Waals surface area contributed by atoms with Gasteiger partial charge < -0.3 is 10.1 Å². The van der Waals surface area contributed by atoms with Crippen LogP contribution in [0.3, 0.4) is 0 Å². The first kappa shape index (κ1) is 18.7. The van der Waals surface area contributed by atoms with E-state index in [1.807, 2.05) is 30.3 Å². The van der Waals surface area contributed by atoms with Gasteiger partial charge in [-0.15, -0.1) is 0 Å². The SMILES string of the molecule is CC(=O)Nc1ccc(OC(=O)c2c(C)nn(Cc3ccccc3)c2Cl)cc1. The molecule has 1 N–H and O–H groups in total. The number of benzene rings is 2. The van der Waals surface area contributed by atoms with Gasteiger partial charge in [-0.25, -0.2) is 9.48 Å². The molecule has 0 radical (unpaired) electrons. The van der Waals surface area contributed by atoms with Crippen LogP contribution in [0.4, 0.5) is 5.69 Å². The Balaban J connectivity index is 1.76. The summed E-state index contributed by atoms with van der Waals surface area (Å²) >= 11 is 6.38. The maximum atomic E-state index is 12.6. The predicted molar refractivity (Wildman–Crippen MR) is 103 cm³/mol. The third kappa shape index (κ3) is 4.54. The molecule has 0 aliphatic carbocycles. The average Bonchev–Trinajstić information content (AvgIpc) is 2.90. The van der Waals surface area contributed by atoms with Crippen molar-refractivity contribution < 1.29 is 14.3 Å². The minimum atomic E-state index is -0.580. The number of aryl methyl sites for hydroxylation is 1. The second kappa shape index (κ2) is 8.05. The van der Waals surface area contributed by atoms with E-state index in [2.05, 4.69) is 10.4 Å². The van der Waals surface area contributed by atoms with E-state index in [1.165, 1.54) is 6.92 Å². The molecule has 1 heterocycles. The van der Waals surface area contributed by atoms with E-state index < -0.39 is 5.97 Å². The quantitative estimate of drug-likeness (QED) is 0.532. The zero-order valence-electron chi connectivity index (χ0n) is 14.9. The molecular weight excluding hydrogens is 366 g/mol. The molecule has 27 heavy (non-hydrogen) atoms. The van der Waals surface area contributed by atoms with Gasteiger partial charge in [-0.1, -0.05) is 41.9 Å². The summed E-state index contributed by atoms with van der Waals surface area (Å²) in [5.74, 6) is -0.405. The van der Waals surface area contributed by atoms with Crippen molar-refractivity contribution in [1.29, 1.82) is 0 Å². The molecule has 0 aliphatic heterocycles. The molecule has 0 aliphatic rings. The number of ether oxygens (including phenoxy) is 1. The molecule has 3 aromatic rings. The van der Waals surface area contributed by atoms with Gasteiger partial charge in [0.05, 0.1) is 12.2 Å². The van der Waals surface area contributed by atoms with Crippen LogP contribution in [-0.4, -0.2) is 21.7 Å². The summed E-state index contributed by atoms with van der Waals surface area (Å²) in [6.07, 6.45) is 0. The lowest BCUT2D eigenvalue weighted by Crippen LogP contribution is -2.10. The molecule has 2 aromatic carbocycles. The zero-order valence-corrected chi connectivity index (χ0v) is 15.7. The van der Waals surface area contributed by atoms with Crippen LogP contribution in [0.25, 0.3) is 0 Å². The van der Waals surface area contributed by atoms with Gasteiger partial charge in [0.1, 0.15) is 16.5 Å². The van der Waals surface area contributed by atoms with Crippen LogP contribution in [-0.2, 0) is 11.3 Å². The lowest BCUT2D eigenvalue weighted by Gasteiger charge is -2.06. The number of esters is 1. The van der Waals surface area contributed by atoms with Crippen LogP contribution in [0.1, 0.15) is 28.5 Å². The number of halogens is 1. The van der Waals surface area contributed by atoms with Crippen LogP contribution < -0.4 is 10.1 Å². The normalized spacial score (nSPS) is 10.5. The maximum Gasteiger partial charge on any atom is 0.348 e. The molecular formula is C20H18ClN3O3. The van der Waals surface area contributed by atoms with Crippen LogP contribution in [0.5, 0.6) is 5.75 Å². The van der Waals surface area contributed by atoms with E-state index >= 15 is 0 Å². The highest BCUT2D eigenvalue weighted by Gasteiger charge is 2.22. The van der Waals surface area contributed by atoms with Gasteiger partial charge in [0.15, 0.2) is 0 Å². The Hall–Kier alpha value is -3.12. The summed E-state index contributed by atoms with van der Waals surface area (Å²) in [6.45, 7) is 3.59. The van der Waals surface area contributed by atoms with E-state index in [1.54, 1.807) is 35.9 Å². The van der Waals surface area contributed by atoms with Crippen molar-refractivity contribution >= 4 is 29.2 Å². The third-order valence-corrected chi connectivity index (χ3v) is 4.21. The molecule has 3 rings (SSSR count). The van der Waals surface area contributed by atoms with E-state index in [0.29, 0.717) is 23.7 Å². The fraction of sp³-hybridized carbons (Fsp3) is 0.150. The van der Waals surface area contributed by atoms with Crippen molar-refractivity contribution in [3.05, 3.63) is 76.6 Å². The number of nitrogens with one attached hydrogen (secondary N) is 1. The lowest BCUT2D eigenvalue weighted by molar-refractivity contribution is -0.114. The number of nitrogens with zero attached hydrogens (tertiary/aromatic N) is 2. The summed E-state index contributed by atoms with van der Waals surface area (Å²) in [5.41, 5.74) is 2.37. The Kier molecular flexibility index (Phi) is 5.57. The van der Waals surface area contributed by atoms with E-state index in [-0.39, 0.29) is 16.6 Å². The maximum absolute atomic E-state index is 12.6. The first-order valence-corrected chi connectivity index (χ1v) is 8.68. The van der Waals surface area contributed by atoms with Crippen molar-refractivity contribution in [3.63, 3.8) is 0 Å². The largest absolute Gasteiger partial charge is 0.423 e. The van der Waals surface area contributed by atoms with Gasteiger partial charge in [-0.05, 0) is 36.8 Å². The fourth-order valence-corrected chi connectivity index (χ4v) is 2.93. The first-order chi connectivity index (χ1) is 12.9. The van der Waals surface area contributed by atoms with E-state index in [9.17, 15) is 9.59 Å². The molecule has 7 heteroatoms. The fourth-order valence-electron chi connectivity index (χ4n) is 2.61. The summed E-state index contributed by atoms with van der Waals surface area (Å²) in [4.78, 5) is 23.6. The minimum absolute atomic E-state index is 0.173. The predicted octanol–water partition coefficient (Wildman–Crippen LogP) is 4.07. The number of amides is 1. The number of carbonyl (C=O) groups is 2. The molecule has 1 amide bonds. The summed E-state index contributed by atoms with van der Waals surface area (Å²) in [7, 11) is 0. The Morgan fingerprint density at radius 3 is 2.41 bits per heavy atom. The highest BCUT2D eigenvalue weighted by Crippen LogP contribution is 2.24. The number of hydrogen-bond acceptors (Lipinski definition) is 4. The van der Waals surface area contributed by atoms with E-state index in [4.69, 9.17) is 16.3 Å². The Morgan fingerprint density at radius 2 is 1.78 bits per heavy atom. The Bertz CT molecular complexity index is 966. The van der Waals surface area contributed by atoms with Gasteiger partial charge in [0.2, 0.25) is 5.91 Å². The molecule has 0 unspecified atom stereocenters. The summed E-state index contributed by atoms with van der Waals surface area (Å²) in [5, 5.41) is 7.23. The van der Waals surface area contributed by atoms with Crippen LogP contribution in [0.15, 0.2) is 54.6 Å². The number of anilines is 1. The van der Waals surface area contributed by atoms with Gasteiger partial charge >= 0.3 is 5.97 Å². The van der Waals surface area contributed by atoms with Gasteiger partial charge in [0, 0.05) is 12.6 Å². The molecule has 0 spiro atoms. The Labute approximate surface area is 161 Å². The van der Waals surface area contributed by atoms with Gasteiger partial charge in [0.25, 0.3) is 0 Å². The second-order valence-corrected chi connectivity index (χ2v) is 6.35. The van der Waals surface area contributed by atoms with E-state index in [0.717, 1.165) is 5.56 Å². The first-order valence-electron chi connectivity index (χ1n) is 8.30. The molecule has 0 fully saturated rings. The van der Waals surface area contributed by atoms with Crippen LogP contribution in [0.2, 0.25) is 5.15 Å². The van der Waals surface area contributed by atoms with Crippen molar-refractivity contribution in [1.82, 2.24) is 9.78 Å². The summed E-state index contributed by atoms with van der Waals surface area (Å²) in [6, 6.07) is 16.2. The Morgan fingerprint density at radius 1 is 1.11 bits per heavy atom. The molecule has 138 valence electrons. The van der Waals surface area contributed by atoms with Crippen molar-refractivity contribution in [2.75, 3.05) is 5.32 Å². The molecule has 0 saturated heterocycles. The van der Waals surface area contributed by atoms with Crippen molar-refractivity contribution in [2.24, 2.45) is 0 Å². The molecule has 0 atom stereocenters. The summed E-state index contributed by atoms with van der Waals surface area (Å²) < 4.78 is 6.97. The number of rotatable bonds is 5. The number of hydrogen-bond donors (Lipinski definition) is 1. The molecule has 6 nitrogen and oxygen atoms in total. The van der Waals surface area contributed by atoms with Crippen molar-refractivity contribution in [3.8, 4) is 5.75 Å². The van der Waals surface area contributed by atoms with Gasteiger partial charge in [-0.3, -0.25) is 4.79 Å².